The molecular weight excluding hydrogens is 445 g/mol. The van der Waals surface area contributed by atoms with E-state index in [2.05, 4.69) is 0 Å². The third-order valence-electron chi connectivity index (χ3n) is 5.17. The Balaban J connectivity index is 2.65. The van der Waals surface area contributed by atoms with E-state index in [4.69, 9.17) is 49.3 Å². The number of carbonyl (C=O) groups is 1. The average molecular weight is 471 g/mol. The first-order valence-corrected chi connectivity index (χ1v) is 10.8. The molecule has 2 rings (SSSR count). The van der Waals surface area contributed by atoms with Crippen LogP contribution in [0.2, 0.25) is 5.02 Å². The number of hydrogen-bond donors (Lipinski definition) is 0. The van der Waals surface area contributed by atoms with Crippen molar-refractivity contribution in [2.24, 2.45) is 17.8 Å². The summed E-state index contributed by atoms with van der Waals surface area (Å²) in [6, 6.07) is 12.3. The summed E-state index contributed by atoms with van der Waals surface area (Å²) < 4.78 is 11.3. The fourth-order valence-electron chi connectivity index (χ4n) is 3.81. The maximum absolute atomic E-state index is 13.3. The second-order valence-electron chi connectivity index (χ2n) is 7.66. The highest BCUT2D eigenvalue weighted by molar-refractivity contribution is 6.55. The van der Waals surface area contributed by atoms with Crippen LogP contribution in [0.25, 0.3) is 0 Å². The van der Waals surface area contributed by atoms with Gasteiger partial charge in [0.25, 0.3) is 0 Å². The third kappa shape index (κ3) is 5.29. The highest BCUT2D eigenvalue weighted by Crippen LogP contribution is 2.45. The van der Waals surface area contributed by atoms with Gasteiger partial charge < -0.3 is 9.47 Å². The molecule has 2 unspecified atom stereocenters. The summed E-state index contributed by atoms with van der Waals surface area (Å²) in [7, 11) is 1.37. The maximum atomic E-state index is 13.3. The fraction of sp³-hybridized carbons (Fsp3) is 0.391. The van der Waals surface area contributed by atoms with Gasteiger partial charge in [-0.25, -0.2) is 4.98 Å². The lowest BCUT2D eigenvalue weighted by atomic mass is 9.61. The predicted molar refractivity (Wildman–Crippen MR) is 122 cm³/mol. The van der Waals surface area contributed by atoms with E-state index in [1.54, 1.807) is 48.5 Å². The van der Waals surface area contributed by atoms with Crippen molar-refractivity contribution in [3.63, 3.8) is 0 Å². The van der Waals surface area contributed by atoms with Crippen LogP contribution in [0.1, 0.15) is 33.4 Å². The number of ether oxygens (including phenoxy) is 2. The Bertz CT molecular complexity index is 893. The van der Waals surface area contributed by atoms with Crippen LogP contribution < -0.4 is 4.74 Å². The first-order chi connectivity index (χ1) is 14.1. The molecule has 30 heavy (non-hydrogen) atoms. The lowest BCUT2D eigenvalue weighted by Gasteiger charge is -2.41. The molecule has 2 aromatic rings. The zero-order valence-electron chi connectivity index (χ0n) is 17.7. The molecule has 7 heteroatoms. The lowest BCUT2D eigenvalue weighted by Crippen LogP contribution is -2.50. The standard InChI is InChI=1S/C23H26Cl3NO3/c1-14(2)18(13-20(25)26)23(15(3)4,22(28)29-5)19-7-6-8-21(27-19)30-17-11-9-16(24)10-12-17/h6-15,18H,1-5H3. The molecule has 0 fully saturated rings. The molecule has 1 aromatic heterocycles. The number of methoxy groups -OCH3 is 1. The minimum atomic E-state index is -1.11. The van der Waals surface area contributed by atoms with E-state index in [9.17, 15) is 4.79 Å². The van der Waals surface area contributed by atoms with Crippen LogP contribution >= 0.6 is 34.8 Å². The van der Waals surface area contributed by atoms with E-state index in [-0.39, 0.29) is 22.2 Å². The highest BCUT2D eigenvalue weighted by Gasteiger charge is 2.52. The van der Waals surface area contributed by atoms with Crippen LogP contribution in [-0.2, 0) is 14.9 Å². The Kier molecular flexibility index (Phi) is 8.60. The summed E-state index contributed by atoms with van der Waals surface area (Å²) in [5, 5.41) is 0.609. The van der Waals surface area contributed by atoms with Gasteiger partial charge in [0.15, 0.2) is 0 Å². The SMILES string of the molecule is COC(=O)C(c1cccc(Oc2ccc(Cl)cc2)n1)(C(C)C)C(C=C(Cl)Cl)C(C)C. The smallest absolute Gasteiger partial charge is 0.318 e. The molecule has 1 aromatic carbocycles. The number of nitrogens with zero attached hydrogens (tertiary/aromatic N) is 1. The van der Waals surface area contributed by atoms with Gasteiger partial charge in [-0.1, -0.05) is 68.6 Å². The molecule has 4 nitrogen and oxygen atoms in total. The quantitative estimate of drug-likeness (QED) is 0.383. The number of hydrogen-bond acceptors (Lipinski definition) is 4. The largest absolute Gasteiger partial charge is 0.468 e. The monoisotopic (exact) mass is 469 g/mol. The summed E-state index contributed by atoms with van der Waals surface area (Å²) in [6.45, 7) is 7.92. The highest BCUT2D eigenvalue weighted by atomic mass is 35.5. The number of pyridine rings is 1. The molecule has 0 aliphatic rings. The van der Waals surface area contributed by atoms with Gasteiger partial charge in [-0.15, -0.1) is 0 Å². The summed E-state index contributed by atoms with van der Waals surface area (Å²) >= 11 is 18.0. The first-order valence-electron chi connectivity index (χ1n) is 9.65. The number of allylic oxidation sites excluding steroid dienone is 1. The Labute approximate surface area is 193 Å². The fourth-order valence-corrected chi connectivity index (χ4v) is 4.20. The third-order valence-corrected chi connectivity index (χ3v) is 5.67. The molecule has 0 N–H and O–H groups in total. The van der Waals surface area contributed by atoms with E-state index in [1.165, 1.54) is 7.11 Å². The number of carbonyl (C=O) groups excluding carboxylic acids is 1. The number of benzene rings is 1. The molecule has 0 aliphatic heterocycles. The molecule has 1 heterocycles. The normalized spacial score (nSPS) is 14.2. The molecule has 0 saturated heterocycles. The minimum Gasteiger partial charge on any atom is -0.468 e. The summed E-state index contributed by atoms with van der Waals surface area (Å²) in [4.78, 5) is 18.0. The van der Waals surface area contributed by atoms with Crippen LogP contribution in [0.4, 0.5) is 0 Å². The van der Waals surface area contributed by atoms with Gasteiger partial charge >= 0.3 is 5.97 Å². The second kappa shape index (κ2) is 10.5. The van der Waals surface area contributed by atoms with Gasteiger partial charge in [-0.3, -0.25) is 4.79 Å². The van der Waals surface area contributed by atoms with E-state index in [0.29, 0.717) is 22.3 Å². The van der Waals surface area contributed by atoms with Crippen molar-refractivity contribution in [1.29, 1.82) is 0 Å². The van der Waals surface area contributed by atoms with Gasteiger partial charge in [0.1, 0.15) is 15.7 Å². The van der Waals surface area contributed by atoms with Crippen molar-refractivity contribution in [3.05, 3.63) is 63.7 Å². The van der Waals surface area contributed by atoms with Crippen molar-refractivity contribution in [1.82, 2.24) is 4.98 Å². The summed E-state index contributed by atoms with van der Waals surface area (Å²) in [5.41, 5.74) is -0.586. The first kappa shape index (κ1) is 24.5. The van der Waals surface area contributed by atoms with Crippen LogP contribution in [0.5, 0.6) is 11.6 Å². The van der Waals surface area contributed by atoms with Crippen molar-refractivity contribution in [2.75, 3.05) is 7.11 Å². The van der Waals surface area contributed by atoms with Crippen LogP contribution in [-0.4, -0.2) is 18.1 Å². The Morgan fingerprint density at radius 2 is 1.70 bits per heavy atom. The van der Waals surface area contributed by atoms with E-state index in [0.717, 1.165) is 0 Å². The zero-order chi connectivity index (χ0) is 22.5. The summed E-state index contributed by atoms with van der Waals surface area (Å²) in [5.74, 6) is 0.0428. The molecule has 0 amide bonds. The van der Waals surface area contributed by atoms with Crippen LogP contribution in [0.3, 0.4) is 0 Å². The number of aromatic nitrogens is 1. The van der Waals surface area contributed by atoms with Crippen LogP contribution in [0.15, 0.2) is 53.0 Å². The van der Waals surface area contributed by atoms with Crippen molar-refractivity contribution < 1.29 is 14.3 Å². The minimum absolute atomic E-state index is 0.0293. The van der Waals surface area contributed by atoms with Gasteiger partial charge in [-0.05, 0) is 48.2 Å². The Hall–Kier alpha value is -1.75. The average Bonchev–Trinajstić information content (AvgIpc) is 2.69. The predicted octanol–water partition coefficient (Wildman–Crippen LogP) is 7.19. The molecule has 0 radical (unpaired) electrons. The number of esters is 1. The van der Waals surface area contributed by atoms with Gasteiger partial charge in [-0.2, -0.15) is 0 Å². The van der Waals surface area contributed by atoms with Gasteiger partial charge in [0.05, 0.1) is 12.8 Å². The van der Waals surface area contributed by atoms with Crippen molar-refractivity contribution in [2.45, 2.75) is 33.1 Å². The molecule has 0 saturated carbocycles. The van der Waals surface area contributed by atoms with Crippen LogP contribution in [0, 0.1) is 17.8 Å². The molecule has 2 atom stereocenters. The second-order valence-corrected chi connectivity index (χ2v) is 9.10. The Morgan fingerprint density at radius 3 is 2.20 bits per heavy atom. The van der Waals surface area contributed by atoms with E-state index in [1.807, 2.05) is 27.7 Å². The van der Waals surface area contributed by atoms with Crippen molar-refractivity contribution in [3.8, 4) is 11.6 Å². The number of rotatable bonds is 8. The Morgan fingerprint density at radius 1 is 1.07 bits per heavy atom. The van der Waals surface area contributed by atoms with E-state index < -0.39 is 11.4 Å². The molecule has 0 aliphatic carbocycles. The van der Waals surface area contributed by atoms with Crippen molar-refractivity contribution >= 4 is 40.8 Å². The lowest BCUT2D eigenvalue weighted by molar-refractivity contribution is -0.152. The molecular formula is C23H26Cl3NO3. The maximum Gasteiger partial charge on any atom is 0.318 e. The zero-order valence-corrected chi connectivity index (χ0v) is 19.9. The molecule has 0 bridgehead atoms. The molecule has 162 valence electrons. The topological polar surface area (TPSA) is 48.4 Å². The number of halogens is 3. The molecule has 0 spiro atoms. The summed E-state index contributed by atoms with van der Waals surface area (Å²) in [6.07, 6.45) is 1.69. The van der Waals surface area contributed by atoms with Gasteiger partial charge in [0, 0.05) is 17.0 Å². The van der Waals surface area contributed by atoms with E-state index >= 15 is 0 Å². The van der Waals surface area contributed by atoms with Gasteiger partial charge in [0.2, 0.25) is 5.88 Å².